The highest BCUT2D eigenvalue weighted by atomic mass is 19.1. The Bertz CT molecular complexity index is 763. The molecule has 1 saturated heterocycles. The third-order valence-electron chi connectivity index (χ3n) is 4.73. The van der Waals surface area contributed by atoms with E-state index in [1.165, 1.54) is 6.07 Å². The first-order valence-electron chi connectivity index (χ1n) is 8.30. The molecule has 1 atom stereocenters. The highest BCUT2D eigenvalue weighted by molar-refractivity contribution is 5.84. The van der Waals surface area contributed by atoms with Crippen LogP contribution in [0.15, 0.2) is 22.7 Å². The summed E-state index contributed by atoms with van der Waals surface area (Å²) in [6, 6.07) is 3.42. The van der Waals surface area contributed by atoms with Crippen molar-refractivity contribution < 1.29 is 18.1 Å². The van der Waals surface area contributed by atoms with Gasteiger partial charge in [-0.05, 0) is 32.9 Å². The fourth-order valence-corrected chi connectivity index (χ4v) is 3.40. The molecule has 3 rings (SSSR count). The summed E-state index contributed by atoms with van der Waals surface area (Å²) in [5.41, 5.74) is 1.79. The average molecular weight is 349 g/mol. The number of amides is 1. The Morgan fingerprint density at radius 1 is 1.20 bits per heavy atom. The molecule has 1 aliphatic heterocycles. The Balaban J connectivity index is 1.68. The zero-order chi connectivity index (χ0) is 18.1. The summed E-state index contributed by atoms with van der Waals surface area (Å²) in [6.45, 7) is 7.30. The molecular formula is C18H21F2N3O2. The predicted molar refractivity (Wildman–Crippen MR) is 89.5 cm³/mol. The molecule has 1 aromatic carbocycles. The largest absolute Gasteiger partial charge is 0.366 e. The molecule has 2 heterocycles. The van der Waals surface area contributed by atoms with Gasteiger partial charge in [-0.1, -0.05) is 5.16 Å². The van der Waals surface area contributed by atoms with Gasteiger partial charge in [-0.25, -0.2) is 8.78 Å². The third-order valence-corrected chi connectivity index (χ3v) is 4.73. The van der Waals surface area contributed by atoms with Gasteiger partial charge >= 0.3 is 0 Å². The summed E-state index contributed by atoms with van der Waals surface area (Å²) >= 11 is 0. The van der Waals surface area contributed by atoms with Crippen LogP contribution in [0.5, 0.6) is 0 Å². The van der Waals surface area contributed by atoms with E-state index in [9.17, 15) is 13.6 Å². The number of carbonyl (C=O) groups is 1. The first-order chi connectivity index (χ1) is 11.9. The number of anilines is 1. The van der Waals surface area contributed by atoms with Crippen LogP contribution in [0.2, 0.25) is 0 Å². The van der Waals surface area contributed by atoms with E-state index >= 15 is 0 Å². The standard InChI is InChI=1S/C18H21F2N3O2/c1-11(17-12(2)21-25-13(17)3)18(24)23-8-6-22(7-9-23)16-10-14(19)4-5-15(16)20/h4-5,10-11H,6-9H2,1-3H3. The second-order valence-corrected chi connectivity index (χ2v) is 6.37. The first-order valence-corrected chi connectivity index (χ1v) is 8.30. The molecule has 1 aromatic heterocycles. The maximum atomic E-state index is 13.9. The summed E-state index contributed by atoms with van der Waals surface area (Å²) in [4.78, 5) is 16.3. The number of rotatable bonds is 3. The minimum atomic E-state index is -0.470. The molecular weight excluding hydrogens is 328 g/mol. The molecule has 0 spiro atoms. The molecule has 1 unspecified atom stereocenters. The van der Waals surface area contributed by atoms with Gasteiger partial charge in [0.2, 0.25) is 5.91 Å². The zero-order valence-corrected chi connectivity index (χ0v) is 14.6. The summed E-state index contributed by atoms with van der Waals surface area (Å²) < 4.78 is 32.4. The quantitative estimate of drug-likeness (QED) is 0.855. The van der Waals surface area contributed by atoms with Gasteiger partial charge in [0, 0.05) is 37.8 Å². The maximum absolute atomic E-state index is 13.9. The molecule has 0 radical (unpaired) electrons. The van der Waals surface area contributed by atoms with Gasteiger partial charge in [0.05, 0.1) is 17.3 Å². The molecule has 0 bridgehead atoms. The van der Waals surface area contributed by atoms with Gasteiger partial charge < -0.3 is 14.3 Å². The van der Waals surface area contributed by atoms with Crippen LogP contribution in [0.4, 0.5) is 14.5 Å². The van der Waals surface area contributed by atoms with Crippen LogP contribution in [0.25, 0.3) is 0 Å². The van der Waals surface area contributed by atoms with Gasteiger partial charge in [0.15, 0.2) is 0 Å². The number of carbonyl (C=O) groups excluding carboxylic acids is 1. The predicted octanol–water partition coefficient (Wildman–Crippen LogP) is 3.02. The lowest BCUT2D eigenvalue weighted by molar-refractivity contribution is -0.132. The second kappa shape index (κ2) is 6.82. The fraction of sp³-hybridized carbons (Fsp3) is 0.444. The van der Waals surface area contributed by atoms with Gasteiger partial charge in [0.1, 0.15) is 17.4 Å². The lowest BCUT2D eigenvalue weighted by Gasteiger charge is -2.37. The highest BCUT2D eigenvalue weighted by Crippen LogP contribution is 2.27. The van der Waals surface area contributed by atoms with Crippen LogP contribution in [0, 0.1) is 25.5 Å². The lowest BCUT2D eigenvalue weighted by Crippen LogP contribution is -2.50. The second-order valence-electron chi connectivity index (χ2n) is 6.37. The van der Waals surface area contributed by atoms with Gasteiger partial charge in [0.25, 0.3) is 0 Å². The van der Waals surface area contributed by atoms with Crippen molar-refractivity contribution in [2.24, 2.45) is 0 Å². The topological polar surface area (TPSA) is 49.6 Å². The summed E-state index contributed by atoms with van der Waals surface area (Å²) in [5.74, 6) is -0.622. The van der Waals surface area contributed by atoms with Crippen molar-refractivity contribution in [1.82, 2.24) is 10.1 Å². The normalized spacial score (nSPS) is 16.2. The summed E-state index contributed by atoms with van der Waals surface area (Å²) in [5, 5.41) is 3.90. The molecule has 0 saturated carbocycles. The third kappa shape index (κ3) is 3.36. The van der Waals surface area contributed by atoms with Crippen molar-refractivity contribution in [1.29, 1.82) is 0 Å². The van der Waals surface area contributed by atoms with E-state index in [-0.39, 0.29) is 17.5 Å². The van der Waals surface area contributed by atoms with Crippen molar-refractivity contribution in [3.8, 4) is 0 Å². The molecule has 25 heavy (non-hydrogen) atoms. The van der Waals surface area contributed by atoms with Crippen molar-refractivity contribution >= 4 is 11.6 Å². The number of halogens is 2. The number of hydrogen-bond donors (Lipinski definition) is 0. The lowest BCUT2D eigenvalue weighted by atomic mass is 9.97. The average Bonchev–Trinajstić information content (AvgIpc) is 2.94. The van der Waals surface area contributed by atoms with Gasteiger partial charge in [-0.3, -0.25) is 4.79 Å². The molecule has 7 heteroatoms. The minimum absolute atomic E-state index is 0.00577. The molecule has 5 nitrogen and oxygen atoms in total. The minimum Gasteiger partial charge on any atom is -0.366 e. The maximum Gasteiger partial charge on any atom is 0.230 e. The Morgan fingerprint density at radius 2 is 1.88 bits per heavy atom. The van der Waals surface area contributed by atoms with E-state index in [2.05, 4.69) is 5.16 Å². The van der Waals surface area contributed by atoms with Crippen LogP contribution in [0.1, 0.15) is 29.9 Å². The number of benzene rings is 1. The number of aryl methyl sites for hydroxylation is 2. The van der Waals surface area contributed by atoms with Crippen LogP contribution in [-0.2, 0) is 4.79 Å². The molecule has 1 aliphatic rings. The van der Waals surface area contributed by atoms with E-state index in [1.54, 1.807) is 16.7 Å². The van der Waals surface area contributed by atoms with E-state index in [1.807, 2.05) is 13.8 Å². The number of piperazine rings is 1. The SMILES string of the molecule is Cc1noc(C)c1C(C)C(=O)N1CCN(c2cc(F)ccc2F)CC1. The van der Waals surface area contributed by atoms with Crippen molar-refractivity contribution in [2.75, 3.05) is 31.1 Å². The van der Waals surface area contributed by atoms with Crippen molar-refractivity contribution in [3.63, 3.8) is 0 Å². The van der Waals surface area contributed by atoms with Crippen LogP contribution < -0.4 is 4.90 Å². The Morgan fingerprint density at radius 3 is 2.48 bits per heavy atom. The van der Waals surface area contributed by atoms with Crippen molar-refractivity contribution in [2.45, 2.75) is 26.7 Å². The molecule has 1 fully saturated rings. The molecule has 134 valence electrons. The monoisotopic (exact) mass is 349 g/mol. The Hall–Kier alpha value is -2.44. The highest BCUT2D eigenvalue weighted by Gasteiger charge is 2.29. The van der Waals surface area contributed by atoms with Crippen LogP contribution in [-0.4, -0.2) is 42.1 Å². The molecule has 2 aromatic rings. The first kappa shape index (κ1) is 17.4. The van der Waals surface area contributed by atoms with Crippen LogP contribution >= 0.6 is 0 Å². The van der Waals surface area contributed by atoms with E-state index in [0.717, 1.165) is 23.4 Å². The Kier molecular flexibility index (Phi) is 4.74. The van der Waals surface area contributed by atoms with E-state index in [4.69, 9.17) is 4.52 Å². The van der Waals surface area contributed by atoms with Gasteiger partial charge in [-0.2, -0.15) is 0 Å². The number of aromatic nitrogens is 1. The van der Waals surface area contributed by atoms with E-state index in [0.29, 0.717) is 31.9 Å². The fourth-order valence-electron chi connectivity index (χ4n) is 3.40. The molecule has 0 aliphatic carbocycles. The number of nitrogens with zero attached hydrogens (tertiary/aromatic N) is 3. The molecule has 1 amide bonds. The Labute approximate surface area is 145 Å². The number of hydrogen-bond acceptors (Lipinski definition) is 4. The smallest absolute Gasteiger partial charge is 0.230 e. The van der Waals surface area contributed by atoms with Gasteiger partial charge in [-0.15, -0.1) is 0 Å². The molecule has 0 N–H and O–H groups in total. The summed E-state index contributed by atoms with van der Waals surface area (Å²) in [6.07, 6.45) is 0. The van der Waals surface area contributed by atoms with E-state index < -0.39 is 11.6 Å². The van der Waals surface area contributed by atoms with Crippen LogP contribution in [0.3, 0.4) is 0 Å². The van der Waals surface area contributed by atoms with Crippen molar-refractivity contribution in [3.05, 3.63) is 46.9 Å². The summed E-state index contributed by atoms with van der Waals surface area (Å²) in [7, 11) is 0. The zero-order valence-electron chi connectivity index (χ0n) is 14.6.